The highest BCUT2D eigenvalue weighted by Gasteiger charge is 2.30. The molecule has 0 saturated carbocycles. The van der Waals surface area contributed by atoms with Crippen molar-refractivity contribution < 1.29 is 18.4 Å². The van der Waals surface area contributed by atoms with Gasteiger partial charge in [0.1, 0.15) is 18.2 Å². The van der Waals surface area contributed by atoms with Crippen molar-refractivity contribution in [3.63, 3.8) is 0 Å². The number of carbonyl (C=O) groups excluding carboxylic acids is 2. The van der Waals surface area contributed by atoms with Gasteiger partial charge in [0, 0.05) is 17.3 Å². The summed E-state index contributed by atoms with van der Waals surface area (Å²) in [4.78, 5) is 26.0. The first kappa shape index (κ1) is 17.8. The van der Waals surface area contributed by atoms with Gasteiger partial charge in [0.25, 0.3) is 0 Å². The molecule has 5 nitrogen and oxygen atoms in total. The van der Waals surface area contributed by atoms with Crippen LogP contribution in [0.5, 0.6) is 0 Å². The van der Waals surface area contributed by atoms with Gasteiger partial charge < -0.3 is 15.5 Å². The van der Waals surface area contributed by atoms with Gasteiger partial charge in [-0.15, -0.1) is 0 Å². The lowest BCUT2D eigenvalue weighted by Gasteiger charge is -2.35. The van der Waals surface area contributed by atoms with E-state index in [0.717, 1.165) is 23.4 Å². The minimum absolute atomic E-state index is 0.172. The number of nitrogens with zero attached hydrogens (tertiary/aromatic N) is 1. The van der Waals surface area contributed by atoms with Gasteiger partial charge in [-0.1, -0.05) is 24.3 Å². The molecular weight excluding hydrogens is 340 g/mol. The van der Waals surface area contributed by atoms with Gasteiger partial charge in [-0.2, -0.15) is 0 Å². The molecule has 2 N–H and O–H groups in total. The molecule has 3 amide bonds. The fraction of sp³-hybridized carbons (Fsp3) is 0.263. The van der Waals surface area contributed by atoms with Gasteiger partial charge >= 0.3 is 6.03 Å². The molecule has 0 aromatic heterocycles. The number of anilines is 1. The summed E-state index contributed by atoms with van der Waals surface area (Å²) < 4.78 is 26.8. The molecule has 2 aromatic carbocycles. The zero-order valence-electron chi connectivity index (χ0n) is 14.4. The van der Waals surface area contributed by atoms with E-state index in [2.05, 4.69) is 10.6 Å². The van der Waals surface area contributed by atoms with Crippen LogP contribution in [0.2, 0.25) is 0 Å². The lowest BCUT2D eigenvalue weighted by Crippen LogP contribution is -2.47. The maximum atomic E-state index is 13.8. The molecule has 26 heavy (non-hydrogen) atoms. The summed E-state index contributed by atoms with van der Waals surface area (Å²) in [5, 5.41) is 5.40. The standard InChI is InChI=1S/C19H19F2N3O2/c1-11(14-8-7-13(20)9-16(14)21)22-18(25)10-24-12(2)15-5-3-4-6-17(15)23-19(24)26/h3-9,11-12H,10H2,1-2H3,(H,22,25)(H,23,26)/t11-,12?/m0/s1. The third-order valence-corrected chi connectivity index (χ3v) is 4.50. The van der Waals surface area contributed by atoms with Crippen LogP contribution < -0.4 is 10.6 Å². The average molecular weight is 359 g/mol. The number of amides is 3. The summed E-state index contributed by atoms with van der Waals surface area (Å²) in [6.45, 7) is 3.27. The van der Waals surface area contributed by atoms with Crippen LogP contribution in [0.25, 0.3) is 0 Å². The van der Waals surface area contributed by atoms with Gasteiger partial charge in [0.2, 0.25) is 5.91 Å². The maximum Gasteiger partial charge on any atom is 0.322 e. The first-order valence-corrected chi connectivity index (χ1v) is 8.27. The van der Waals surface area contributed by atoms with Crippen molar-refractivity contribution in [3.8, 4) is 0 Å². The normalized spacial score (nSPS) is 17.3. The number of hydrogen-bond donors (Lipinski definition) is 2. The highest BCUT2D eigenvalue weighted by atomic mass is 19.1. The Balaban J connectivity index is 1.69. The number of benzene rings is 2. The van der Waals surface area contributed by atoms with Crippen molar-refractivity contribution in [1.82, 2.24) is 10.2 Å². The van der Waals surface area contributed by atoms with Gasteiger partial charge in [0.05, 0.1) is 12.1 Å². The Bertz CT molecular complexity index is 856. The fourth-order valence-electron chi connectivity index (χ4n) is 3.09. The number of rotatable bonds is 4. The second-order valence-electron chi connectivity index (χ2n) is 6.28. The zero-order chi connectivity index (χ0) is 18.8. The van der Waals surface area contributed by atoms with Crippen molar-refractivity contribution in [2.45, 2.75) is 25.9 Å². The number of urea groups is 1. The Hall–Kier alpha value is -2.96. The molecule has 136 valence electrons. The molecule has 1 unspecified atom stereocenters. The molecule has 0 radical (unpaired) electrons. The predicted octanol–water partition coefficient (Wildman–Crippen LogP) is 3.75. The van der Waals surface area contributed by atoms with Crippen LogP contribution in [-0.4, -0.2) is 23.4 Å². The highest BCUT2D eigenvalue weighted by molar-refractivity contribution is 5.95. The number of para-hydroxylation sites is 1. The predicted molar refractivity (Wildman–Crippen MR) is 93.5 cm³/mol. The summed E-state index contributed by atoms with van der Waals surface area (Å²) in [6.07, 6.45) is 0. The molecule has 2 atom stereocenters. The second kappa shape index (κ2) is 7.11. The van der Waals surface area contributed by atoms with Gasteiger partial charge in [-0.05, 0) is 31.5 Å². The average Bonchev–Trinajstić information content (AvgIpc) is 2.58. The molecule has 0 saturated heterocycles. The molecule has 0 fully saturated rings. The van der Waals surface area contributed by atoms with Crippen molar-refractivity contribution in [1.29, 1.82) is 0 Å². The Morgan fingerprint density at radius 2 is 2.00 bits per heavy atom. The Morgan fingerprint density at radius 1 is 1.27 bits per heavy atom. The van der Waals surface area contributed by atoms with E-state index in [1.54, 1.807) is 13.0 Å². The van der Waals surface area contributed by atoms with Crippen LogP contribution in [0.1, 0.15) is 37.1 Å². The molecule has 3 rings (SSSR count). The fourth-order valence-corrected chi connectivity index (χ4v) is 3.09. The molecule has 0 spiro atoms. The zero-order valence-corrected chi connectivity index (χ0v) is 14.4. The molecule has 0 bridgehead atoms. The minimum Gasteiger partial charge on any atom is -0.348 e. The first-order chi connectivity index (χ1) is 12.4. The number of carbonyl (C=O) groups is 2. The molecule has 1 aliphatic heterocycles. The van der Waals surface area contributed by atoms with Crippen LogP contribution in [0.3, 0.4) is 0 Å². The number of fused-ring (bicyclic) bond motifs is 1. The Morgan fingerprint density at radius 3 is 2.73 bits per heavy atom. The van der Waals surface area contributed by atoms with Crippen molar-refractivity contribution >= 4 is 17.6 Å². The maximum absolute atomic E-state index is 13.8. The monoisotopic (exact) mass is 359 g/mol. The number of nitrogens with one attached hydrogen (secondary N) is 2. The van der Waals surface area contributed by atoms with E-state index >= 15 is 0 Å². The van der Waals surface area contributed by atoms with Crippen LogP contribution >= 0.6 is 0 Å². The molecule has 1 aliphatic rings. The van der Waals surface area contributed by atoms with Crippen molar-refractivity contribution in [2.24, 2.45) is 0 Å². The second-order valence-corrected chi connectivity index (χ2v) is 6.28. The minimum atomic E-state index is -0.726. The Kier molecular flexibility index (Phi) is 4.88. The topological polar surface area (TPSA) is 61.4 Å². The van der Waals surface area contributed by atoms with Crippen LogP contribution in [0.4, 0.5) is 19.3 Å². The SMILES string of the molecule is CC1c2ccccc2NC(=O)N1CC(=O)N[C@@H](C)c1ccc(F)cc1F. The molecular formula is C19H19F2N3O2. The van der Waals surface area contributed by atoms with Crippen LogP contribution in [0.15, 0.2) is 42.5 Å². The highest BCUT2D eigenvalue weighted by Crippen LogP contribution is 2.32. The van der Waals surface area contributed by atoms with E-state index in [0.29, 0.717) is 0 Å². The van der Waals surface area contributed by atoms with E-state index in [-0.39, 0.29) is 24.2 Å². The van der Waals surface area contributed by atoms with E-state index in [1.807, 2.05) is 25.1 Å². The van der Waals surface area contributed by atoms with Gasteiger partial charge in [-0.25, -0.2) is 13.6 Å². The summed E-state index contributed by atoms with van der Waals surface area (Å²) in [7, 11) is 0. The lowest BCUT2D eigenvalue weighted by atomic mass is 10.0. The summed E-state index contributed by atoms with van der Waals surface area (Å²) in [5.41, 5.74) is 1.82. The van der Waals surface area contributed by atoms with Gasteiger partial charge in [0.15, 0.2) is 0 Å². The molecule has 0 aliphatic carbocycles. The number of hydrogen-bond acceptors (Lipinski definition) is 2. The van der Waals surface area contributed by atoms with Crippen LogP contribution in [-0.2, 0) is 4.79 Å². The quantitative estimate of drug-likeness (QED) is 0.873. The Labute approximate surface area is 150 Å². The van der Waals surface area contributed by atoms with Crippen molar-refractivity contribution in [3.05, 3.63) is 65.2 Å². The summed E-state index contributed by atoms with van der Waals surface area (Å²) in [5.74, 6) is -1.83. The smallest absolute Gasteiger partial charge is 0.322 e. The first-order valence-electron chi connectivity index (χ1n) is 8.27. The van der Waals surface area contributed by atoms with E-state index in [1.165, 1.54) is 11.0 Å². The third-order valence-electron chi connectivity index (χ3n) is 4.50. The molecule has 7 heteroatoms. The third kappa shape index (κ3) is 3.51. The summed E-state index contributed by atoms with van der Waals surface area (Å²) >= 11 is 0. The number of halogens is 2. The largest absolute Gasteiger partial charge is 0.348 e. The van der Waals surface area contributed by atoms with E-state index in [9.17, 15) is 18.4 Å². The summed E-state index contributed by atoms with van der Waals surface area (Å²) in [6, 6.07) is 9.29. The van der Waals surface area contributed by atoms with E-state index < -0.39 is 23.6 Å². The van der Waals surface area contributed by atoms with Crippen LogP contribution in [0, 0.1) is 11.6 Å². The van der Waals surface area contributed by atoms with Gasteiger partial charge in [-0.3, -0.25) is 4.79 Å². The molecule has 2 aromatic rings. The lowest BCUT2D eigenvalue weighted by molar-refractivity contribution is -0.122. The van der Waals surface area contributed by atoms with Crippen molar-refractivity contribution in [2.75, 3.05) is 11.9 Å². The molecule has 1 heterocycles. The van der Waals surface area contributed by atoms with E-state index in [4.69, 9.17) is 0 Å².